The number of benzene rings is 1. The fourth-order valence-corrected chi connectivity index (χ4v) is 4.46. The largest absolute Gasteiger partial charge is 0.477 e. The maximum atomic E-state index is 12.8. The molecule has 1 aromatic heterocycles. The number of nitriles is 1. The first kappa shape index (κ1) is 19.7. The lowest BCUT2D eigenvalue weighted by molar-refractivity contribution is -0.137. The molecule has 146 valence electrons. The molecule has 1 aliphatic rings. The SMILES string of the molecule is N#CCNC(=O)[C@@H]1CCCC[C@@]1(C(N)=O)c1c(C(=O)O)[nH]c2cc(Cl)ccc12. The molecule has 2 aromatic rings. The van der Waals surface area contributed by atoms with Gasteiger partial charge in [0.05, 0.1) is 17.4 Å². The minimum Gasteiger partial charge on any atom is -0.477 e. The van der Waals surface area contributed by atoms with Crippen molar-refractivity contribution in [2.24, 2.45) is 11.7 Å². The molecule has 2 atom stereocenters. The van der Waals surface area contributed by atoms with E-state index >= 15 is 0 Å². The van der Waals surface area contributed by atoms with Crippen molar-refractivity contribution in [2.45, 2.75) is 31.1 Å². The minimum atomic E-state index is -1.50. The second kappa shape index (κ2) is 7.52. The Hall–Kier alpha value is -3.05. The summed E-state index contributed by atoms with van der Waals surface area (Å²) in [6.07, 6.45) is 1.91. The molecule has 0 spiro atoms. The van der Waals surface area contributed by atoms with E-state index in [0.29, 0.717) is 35.2 Å². The molecular formula is C19H19ClN4O4. The molecule has 0 aliphatic heterocycles. The smallest absolute Gasteiger partial charge is 0.352 e. The number of H-pyrrole nitrogens is 1. The number of halogens is 1. The first-order valence-electron chi connectivity index (χ1n) is 8.82. The molecule has 1 aliphatic carbocycles. The molecule has 28 heavy (non-hydrogen) atoms. The number of rotatable bonds is 5. The molecule has 8 nitrogen and oxygen atoms in total. The zero-order chi connectivity index (χ0) is 20.5. The predicted octanol–water partition coefficient (Wildman–Crippen LogP) is 2.07. The third-order valence-electron chi connectivity index (χ3n) is 5.43. The van der Waals surface area contributed by atoms with Gasteiger partial charge in [0.25, 0.3) is 0 Å². The first-order chi connectivity index (χ1) is 13.3. The predicted molar refractivity (Wildman–Crippen MR) is 102 cm³/mol. The summed E-state index contributed by atoms with van der Waals surface area (Å²) in [5, 5.41) is 21.9. The van der Waals surface area contributed by atoms with Gasteiger partial charge in [0, 0.05) is 21.5 Å². The minimum absolute atomic E-state index is 0.184. The van der Waals surface area contributed by atoms with Gasteiger partial charge in [-0.15, -0.1) is 0 Å². The molecule has 0 radical (unpaired) electrons. The molecule has 5 N–H and O–H groups in total. The van der Waals surface area contributed by atoms with Crippen LogP contribution < -0.4 is 11.1 Å². The third-order valence-corrected chi connectivity index (χ3v) is 5.66. The highest BCUT2D eigenvalue weighted by atomic mass is 35.5. The van der Waals surface area contributed by atoms with Gasteiger partial charge in [-0.1, -0.05) is 30.5 Å². The van der Waals surface area contributed by atoms with Crippen molar-refractivity contribution in [3.8, 4) is 6.07 Å². The van der Waals surface area contributed by atoms with E-state index in [2.05, 4.69) is 10.3 Å². The number of carboxylic acids is 1. The van der Waals surface area contributed by atoms with E-state index in [1.54, 1.807) is 18.2 Å². The molecule has 1 saturated carbocycles. The number of carbonyl (C=O) groups is 3. The Bertz CT molecular complexity index is 1010. The van der Waals surface area contributed by atoms with Crippen LogP contribution in [0.15, 0.2) is 18.2 Å². The van der Waals surface area contributed by atoms with Crippen LogP contribution in [0.25, 0.3) is 10.9 Å². The van der Waals surface area contributed by atoms with Crippen molar-refractivity contribution in [3.63, 3.8) is 0 Å². The Morgan fingerprint density at radius 3 is 2.79 bits per heavy atom. The summed E-state index contributed by atoms with van der Waals surface area (Å²) in [6.45, 7) is -0.209. The van der Waals surface area contributed by atoms with Crippen LogP contribution in [0.4, 0.5) is 0 Å². The zero-order valence-electron chi connectivity index (χ0n) is 14.9. The van der Waals surface area contributed by atoms with Gasteiger partial charge in [0.2, 0.25) is 11.8 Å². The standard InChI is InChI=1S/C19H19ClN4O4/c20-10-4-5-11-13(9-10)24-15(17(26)27)14(11)19(18(22)28)6-2-1-3-12(19)16(25)23-8-7-21/h4-5,9,12,24H,1-3,6,8H2,(H2,22,28)(H,23,25)(H,26,27)/t12-,19-/m0/s1. The molecule has 1 heterocycles. The number of nitrogens with zero attached hydrogens (tertiary/aromatic N) is 1. The lowest BCUT2D eigenvalue weighted by atomic mass is 9.61. The van der Waals surface area contributed by atoms with Gasteiger partial charge >= 0.3 is 5.97 Å². The average Bonchev–Trinajstić information content (AvgIpc) is 3.04. The number of aromatic nitrogens is 1. The highest BCUT2D eigenvalue weighted by Crippen LogP contribution is 2.48. The van der Waals surface area contributed by atoms with E-state index in [1.807, 2.05) is 6.07 Å². The number of nitrogens with one attached hydrogen (secondary N) is 2. The van der Waals surface area contributed by atoms with Gasteiger partial charge in [-0.2, -0.15) is 5.26 Å². The zero-order valence-corrected chi connectivity index (χ0v) is 15.7. The Morgan fingerprint density at radius 2 is 2.14 bits per heavy atom. The van der Waals surface area contributed by atoms with Crippen molar-refractivity contribution in [3.05, 3.63) is 34.5 Å². The molecule has 3 rings (SSSR count). The van der Waals surface area contributed by atoms with E-state index in [1.165, 1.54) is 0 Å². The van der Waals surface area contributed by atoms with Gasteiger partial charge in [-0.25, -0.2) is 4.79 Å². The molecular weight excluding hydrogens is 384 g/mol. The maximum absolute atomic E-state index is 12.8. The molecule has 2 amide bonds. The van der Waals surface area contributed by atoms with Crippen molar-refractivity contribution in [1.29, 1.82) is 5.26 Å². The number of hydrogen-bond donors (Lipinski definition) is 4. The van der Waals surface area contributed by atoms with E-state index in [9.17, 15) is 19.5 Å². The summed E-state index contributed by atoms with van der Waals surface area (Å²) >= 11 is 6.03. The van der Waals surface area contributed by atoms with Crippen molar-refractivity contribution >= 4 is 40.3 Å². The summed E-state index contributed by atoms with van der Waals surface area (Å²) in [4.78, 5) is 40.4. The van der Waals surface area contributed by atoms with Crippen LogP contribution in [-0.4, -0.2) is 34.4 Å². The van der Waals surface area contributed by atoms with Gasteiger partial charge in [-0.3, -0.25) is 9.59 Å². The fourth-order valence-electron chi connectivity index (χ4n) is 4.29. The number of aromatic carboxylic acids is 1. The topological polar surface area (TPSA) is 149 Å². The summed E-state index contributed by atoms with van der Waals surface area (Å²) in [6, 6.07) is 6.61. The molecule has 1 fully saturated rings. The van der Waals surface area contributed by atoms with Crippen LogP contribution in [-0.2, 0) is 15.0 Å². The molecule has 1 aromatic carbocycles. The summed E-state index contributed by atoms with van der Waals surface area (Å²) in [5.74, 6) is -3.38. The molecule has 0 unspecified atom stereocenters. The van der Waals surface area contributed by atoms with Crippen LogP contribution >= 0.6 is 11.6 Å². The Kier molecular flexibility index (Phi) is 5.29. The lowest BCUT2D eigenvalue weighted by Gasteiger charge is -2.41. The van der Waals surface area contributed by atoms with E-state index < -0.39 is 29.1 Å². The van der Waals surface area contributed by atoms with Crippen LogP contribution in [0.5, 0.6) is 0 Å². The molecule has 0 saturated heterocycles. The lowest BCUT2D eigenvalue weighted by Crippen LogP contribution is -2.54. The second-order valence-electron chi connectivity index (χ2n) is 6.88. The number of aromatic amines is 1. The number of amides is 2. The van der Waals surface area contributed by atoms with Crippen molar-refractivity contribution in [2.75, 3.05) is 6.54 Å². The number of primary amides is 1. The highest BCUT2D eigenvalue weighted by molar-refractivity contribution is 6.31. The number of fused-ring (bicyclic) bond motifs is 1. The number of carboxylic acid groups (broad SMARTS) is 1. The summed E-state index contributed by atoms with van der Waals surface area (Å²) < 4.78 is 0. The molecule has 9 heteroatoms. The third kappa shape index (κ3) is 3.08. The monoisotopic (exact) mass is 402 g/mol. The molecule has 0 bridgehead atoms. The van der Waals surface area contributed by atoms with Crippen LogP contribution in [0, 0.1) is 17.2 Å². The number of nitrogens with two attached hydrogens (primary N) is 1. The average molecular weight is 403 g/mol. The fraction of sp³-hybridized carbons (Fsp3) is 0.368. The summed E-state index contributed by atoms with van der Waals surface area (Å²) in [5.41, 5.74) is 4.79. The Balaban J connectivity index is 2.30. The quantitative estimate of drug-likeness (QED) is 0.564. The normalized spacial score (nSPS) is 21.8. The van der Waals surface area contributed by atoms with Gasteiger partial charge in [0.15, 0.2) is 0 Å². The van der Waals surface area contributed by atoms with Crippen LogP contribution in [0.3, 0.4) is 0 Å². The summed E-state index contributed by atoms with van der Waals surface area (Å²) in [7, 11) is 0. The Labute approximate surface area is 165 Å². The number of carbonyl (C=O) groups excluding carboxylic acids is 2. The Morgan fingerprint density at radius 1 is 1.39 bits per heavy atom. The van der Waals surface area contributed by atoms with Crippen molar-refractivity contribution in [1.82, 2.24) is 10.3 Å². The van der Waals surface area contributed by atoms with Crippen LogP contribution in [0.1, 0.15) is 41.7 Å². The maximum Gasteiger partial charge on any atom is 0.352 e. The van der Waals surface area contributed by atoms with E-state index in [0.717, 1.165) is 0 Å². The second-order valence-corrected chi connectivity index (χ2v) is 7.32. The first-order valence-corrected chi connectivity index (χ1v) is 9.20. The van der Waals surface area contributed by atoms with Gasteiger partial charge in [-0.05, 0) is 25.0 Å². The van der Waals surface area contributed by atoms with Crippen molar-refractivity contribution < 1.29 is 19.5 Å². The van der Waals surface area contributed by atoms with E-state index in [-0.39, 0.29) is 24.2 Å². The van der Waals surface area contributed by atoms with E-state index in [4.69, 9.17) is 22.6 Å². The highest BCUT2D eigenvalue weighted by Gasteiger charge is 2.53. The number of hydrogen-bond acceptors (Lipinski definition) is 4. The van der Waals surface area contributed by atoms with Crippen LogP contribution in [0.2, 0.25) is 5.02 Å². The van der Waals surface area contributed by atoms with Gasteiger partial charge < -0.3 is 21.1 Å². The van der Waals surface area contributed by atoms with Gasteiger partial charge in [0.1, 0.15) is 12.2 Å².